The lowest BCUT2D eigenvalue weighted by atomic mass is 10.1. The summed E-state index contributed by atoms with van der Waals surface area (Å²) in [6, 6.07) is 0.351. The van der Waals surface area contributed by atoms with E-state index < -0.39 is 43.0 Å². The lowest BCUT2D eigenvalue weighted by Crippen LogP contribution is -2.34. The van der Waals surface area contributed by atoms with Crippen LogP contribution in [0.25, 0.3) is 0 Å². The Morgan fingerprint density at radius 1 is 1.38 bits per heavy atom. The van der Waals surface area contributed by atoms with Gasteiger partial charge in [0.1, 0.15) is 4.90 Å². The molecule has 9 heteroatoms. The molecule has 0 atom stereocenters. The maximum atomic E-state index is 13.5. The Hall–Kier alpha value is -1.25. The van der Waals surface area contributed by atoms with Gasteiger partial charge in [-0.1, -0.05) is 25.4 Å². The van der Waals surface area contributed by atoms with Crippen LogP contribution in [0, 0.1) is 11.6 Å². The molecule has 0 saturated carbocycles. The molecule has 0 bridgehead atoms. The van der Waals surface area contributed by atoms with E-state index in [4.69, 9.17) is 16.7 Å². The molecule has 0 saturated heterocycles. The second kappa shape index (κ2) is 6.67. The van der Waals surface area contributed by atoms with Crippen LogP contribution in [-0.4, -0.2) is 20.4 Å². The molecule has 0 unspecified atom stereocenters. The van der Waals surface area contributed by atoms with Gasteiger partial charge in [0.05, 0.1) is 10.6 Å². The summed E-state index contributed by atoms with van der Waals surface area (Å²) in [7, 11) is -4.61. The summed E-state index contributed by atoms with van der Waals surface area (Å²) in [6.45, 7) is 3.66. The molecule has 1 aromatic rings. The standard InChI is InChI=1S/C12H15ClF2N2O3S/c1-3-6(4-2)17-12(18)7-5-8(14)10(15)11(9(7)13)21(16,19)20/h5-6H,3-4H2,1-2H3,(H,17,18)(H2,16,19,20). The Bertz CT molecular complexity index is 661. The first-order chi connectivity index (χ1) is 9.63. The predicted molar refractivity (Wildman–Crippen MR) is 74.6 cm³/mol. The molecular formula is C12H15ClF2N2O3S. The number of rotatable bonds is 5. The third-order valence-electron chi connectivity index (χ3n) is 2.97. The Kier molecular flexibility index (Phi) is 5.66. The van der Waals surface area contributed by atoms with Crippen LogP contribution in [-0.2, 0) is 10.0 Å². The lowest BCUT2D eigenvalue weighted by Gasteiger charge is -2.16. The van der Waals surface area contributed by atoms with Gasteiger partial charge in [-0.2, -0.15) is 0 Å². The monoisotopic (exact) mass is 340 g/mol. The van der Waals surface area contributed by atoms with Gasteiger partial charge in [0.2, 0.25) is 10.0 Å². The van der Waals surface area contributed by atoms with Crippen molar-refractivity contribution >= 4 is 27.5 Å². The summed E-state index contributed by atoms with van der Waals surface area (Å²) >= 11 is 5.71. The van der Waals surface area contributed by atoms with Crippen LogP contribution >= 0.6 is 11.6 Å². The summed E-state index contributed by atoms with van der Waals surface area (Å²) in [6.07, 6.45) is 1.23. The zero-order valence-corrected chi connectivity index (χ0v) is 13.0. The van der Waals surface area contributed by atoms with Gasteiger partial charge in [-0.25, -0.2) is 22.3 Å². The first kappa shape index (κ1) is 17.8. The number of primary sulfonamides is 1. The highest BCUT2D eigenvalue weighted by molar-refractivity contribution is 7.89. The van der Waals surface area contributed by atoms with E-state index in [1.807, 2.05) is 13.8 Å². The van der Waals surface area contributed by atoms with E-state index in [1.165, 1.54) is 0 Å². The molecular weight excluding hydrogens is 326 g/mol. The molecule has 0 aliphatic heterocycles. The first-order valence-corrected chi connectivity index (χ1v) is 8.07. The number of hydrogen-bond donors (Lipinski definition) is 2. The fourth-order valence-electron chi connectivity index (χ4n) is 1.75. The summed E-state index contributed by atoms with van der Waals surface area (Å²) < 4.78 is 49.6. The fraction of sp³-hybridized carbons (Fsp3) is 0.417. The van der Waals surface area contributed by atoms with Crippen molar-refractivity contribution in [3.8, 4) is 0 Å². The van der Waals surface area contributed by atoms with Gasteiger partial charge in [0, 0.05) is 6.04 Å². The zero-order valence-electron chi connectivity index (χ0n) is 11.4. The second-order valence-electron chi connectivity index (χ2n) is 4.39. The Balaban J connectivity index is 3.39. The first-order valence-electron chi connectivity index (χ1n) is 6.14. The third kappa shape index (κ3) is 3.90. The number of benzene rings is 1. The summed E-state index contributed by atoms with van der Waals surface area (Å²) in [5, 5.41) is 6.61. The highest BCUT2D eigenvalue weighted by atomic mass is 35.5. The molecule has 21 heavy (non-hydrogen) atoms. The van der Waals surface area contributed by atoms with Crippen LogP contribution in [0.1, 0.15) is 37.0 Å². The van der Waals surface area contributed by atoms with E-state index in [-0.39, 0.29) is 6.04 Å². The van der Waals surface area contributed by atoms with Crippen LogP contribution in [0.15, 0.2) is 11.0 Å². The number of nitrogens with one attached hydrogen (secondary N) is 1. The molecule has 1 amide bonds. The maximum Gasteiger partial charge on any atom is 0.253 e. The number of amides is 1. The van der Waals surface area contributed by atoms with Crippen molar-refractivity contribution in [3.05, 3.63) is 28.3 Å². The molecule has 5 nitrogen and oxygen atoms in total. The molecule has 0 radical (unpaired) electrons. The van der Waals surface area contributed by atoms with Crippen LogP contribution in [0.2, 0.25) is 5.02 Å². The highest BCUT2D eigenvalue weighted by Crippen LogP contribution is 2.29. The van der Waals surface area contributed by atoms with Gasteiger partial charge in [-0.3, -0.25) is 4.79 Å². The van der Waals surface area contributed by atoms with Gasteiger partial charge < -0.3 is 5.32 Å². The van der Waals surface area contributed by atoms with E-state index in [0.717, 1.165) is 0 Å². The molecule has 0 heterocycles. The van der Waals surface area contributed by atoms with Crippen molar-refractivity contribution in [2.45, 2.75) is 37.6 Å². The summed E-state index contributed by atoms with van der Waals surface area (Å²) in [5.74, 6) is -4.02. The van der Waals surface area contributed by atoms with Crippen molar-refractivity contribution in [3.63, 3.8) is 0 Å². The molecule has 1 aromatic carbocycles. The molecule has 0 aliphatic rings. The average molecular weight is 341 g/mol. The average Bonchev–Trinajstić information content (AvgIpc) is 2.38. The van der Waals surface area contributed by atoms with Crippen molar-refractivity contribution in [1.82, 2.24) is 5.32 Å². The Labute approximate surface area is 126 Å². The van der Waals surface area contributed by atoms with Gasteiger partial charge in [-0.15, -0.1) is 0 Å². The number of nitrogens with two attached hydrogens (primary N) is 1. The molecule has 0 fully saturated rings. The molecule has 0 aromatic heterocycles. The fourth-order valence-corrected chi connectivity index (χ4v) is 3.00. The molecule has 1 rings (SSSR count). The minimum atomic E-state index is -4.61. The SMILES string of the molecule is CCC(CC)NC(=O)c1cc(F)c(F)c(S(N)(=O)=O)c1Cl. The van der Waals surface area contributed by atoms with Crippen molar-refractivity contribution in [1.29, 1.82) is 0 Å². The quantitative estimate of drug-likeness (QED) is 0.805. The van der Waals surface area contributed by atoms with Crippen LogP contribution < -0.4 is 10.5 Å². The number of sulfonamides is 1. The molecule has 118 valence electrons. The van der Waals surface area contributed by atoms with Crippen LogP contribution in [0.3, 0.4) is 0 Å². The van der Waals surface area contributed by atoms with Gasteiger partial charge in [0.25, 0.3) is 5.91 Å². The molecule has 0 aliphatic carbocycles. The number of carbonyl (C=O) groups is 1. The minimum absolute atomic E-state index is 0.195. The smallest absolute Gasteiger partial charge is 0.253 e. The normalized spacial score (nSPS) is 11.8. The Morgan fingerprint density at radius 2 is 1.90 bits per heavy atom. The number of hydrogen-bond acceptors (Lipinski definition) is 3. The summed E-state index contributed by atoms with van der Waals surface area (Å²) in [5.41, 5.74) is -0.480. The number of halogens is 3. The Morgan fingerprint density at radius 3 is 2.33 bits per heavy atom. The highest BCUT2D eigenvalue weighted by Gasteiger charge is 2.28. The zero-order chi connectivity index (χ0) is 16.4. The van der Waals surface area contributed by atoms with Gasteiger partial charge in [-0.05, 0) is 18.9 Å². The van der Waals surface area contributed by atoms with Gasteiger partial charge in [0.15, 0.2) is 11.6 Å². The molecule has 0 spiro atoms. The van der Waals surface area contributed by atoms with E-state index in [2.05, 4.69) is 5.32 Å². The largest absolute Gasteiger partial charge is 0.349 e. The topological polar surface area (TPSA) is 89.3 Å². The minimum Gasteiger partial charge on any atom is -0.349 e. The van der Waals surface area contributed by atoms with Crippen LogP contribution in [0.5, 0.6) is 0 Å². The van der Waals surface area contributed by atoms with Gasteiger partial charge >= 0.3 is 0 Å². The van der Waals surface area contributed by atoms with E-state index in [0.29, 0.717) is 18.9 Å². The van der Waals surface area contributed by atoms with E-state index in [1.54, 1.807) is 0 Å². The van der Waals surface area contributed by atoms with E-state index >= 15 is 0 Å². The lowest BCUT2D eigenvalue weighted by molar-refractivity contribution is 0.0934. The van der Waals surface area contributed by atoms with Crippen LogP contribution in [0.4, 0.5) is 8.78 Å². The van der Waals surface area contributed by atoms with Crippen molar-refractivity contribution in [2.75, 3.05) is 0 Å². The predicted octanol–water partition coefficient (Wildman–Crippen LogP) is 2.18. The second-order valence-corrected chi connectivity index (χ2v) is 6.27. The molecule has 3 N–H and O–H groups in total. The maximum absolute atomic E-state index is 13.5. The summed E-state index contributed by atoms with van der Waals surface area (Å²) in [4.78, 5) is 10.8. The van der Waals surface area contributed by atoms with Crippen molar-refractivity contribution in [2.24, 2.45) is 5.14 Å². The number of carbonyl (C=O) groups excluding carboxylic acids is 1. The van der Waals surface area contributed by atoms with Crippen molar-refractivity contribution < 1.29 is 22.0 Å². The van der Waals surface area contributed by atoms with E-state index in [9.17, 15) is 22.0 Å². The third-order valence-corrected chi connectivity index (χ3v) is 4.42.